The first-order chi connectivity index (χ1) is 27.2. The number of benzene rings is 2. The van der Waals surface area contributed by atoms with Gasteiger partial charge in [-0.2, -0.15) is 5.26 Å². The number of carbonyl (C=O) groups is 5. The molecule has 15 nitrogen and oxygen atoms in total. The second kappa shape index (κ2) is 33.6. The van der Waals surface area contributed by atoms with Crippen LogP contribution < -0.4 is 14.7 Å². The number of hydrogen-bond donors (Lipinski definition) is 2. The van der Waals surface area contributed by atoms with Crippen molar-refractivity contribution in [3.8, 4) is 0 Å². The smallest absolute Gasteiger partial charge is 0.372 e. The highest BCUT2D eigenvalue weighted by Gasteiger charge is 2.49. The van der Waals surface area contributed by atoms with Crippen molar-refractivity contribution in [3.63, 3.8) is 0 Å². The second-order valence-corrected chi connectivity index (χ2v) is 24.3. The Kier molecular flexibility index (Phi) is 33.6. The molecule has 0 spiro atoms. The van der Waals surface area contributed by atoms with Gasteiger partial charge in [0.05, 0.1) is 17.7 Å². The van der Waals surface area contributed by atoms with Crippen LogP contribution >= 0.6 is 44.0 Å². The van der Waals surface area contributed by atoms with Crippen molar-refractivity contribution in [1.82, 2.24) is 0 Å². The summed E-state index contributed by atoms with van der Waals surface area (Å²) >= 11 is 24.5. The maximum atomic E-state index is 11.1. The number of carboxylic acids is 1. The fraction of sp³-hybridized carbons (Fsp3) is 0.344. The highest BCUT2D eigenvalue weighted by molar-refractivity contribution is 8.34. The Labute approximate surface area is 371 Å². The van der Waals surface area contributed by atoms with Crippen molar-refractivity contribution < 1.29 is 72.9 Å². The molecule has 4 unspecified atom stereocenters. The first kappa shape index (κ1) is 58.0. The predicted octanol–water partition coefficient (Wildman–Crippen LogP) is 4.19. The van der Waals surface area contributed by atoms with Gasteiger partial charge in [0.1, 0.15) is 87.6 Å². The van der Waals surface area contributed by atoms with Gasteiger partial charge in [0.25, 0.3) is 0 Å². The number of ether oxygens (including phenoxy) is 4. The standard InChI is InChI=1S/C7H5ClO3.C7H5ClO2.C6H9O4PS2.2C6H9O3PS2/c8-6-3-1-2-5(4-6)7(9)11-10;8-6-3-1-2-5(4-6)7(9)10;1-6(4-10-6)5(7)9-2-3-11(8)13-12;2*1-5(2)6(7)9-3-4-10(8)12-11/h1-4,10H;1-4H,(H,9,10);2-4H2,1H3;2*1,3-4H2,2H3. The van der Waals surface area contributed by atoms with Gasteiger partial charge >= 0.3 is 29.8 Å². The molecule has 2 aromatic rings. The summed E-state index contributed by atoms with van der Waals surface area (Å²) in [4.78, 5) is 89.4. The first-order valence-corrected chi connectivity index (χ1v) is 27.6. The SMILES string of the molecule is C=C(C)C(=O)OCC[P+]([O-])=S=S.C=C(C)C(=O)OCC[P+]([O-])=S=S.CC1(C(=O)OCC[P+]([O-])=S=S)CO1.O=C(O)c1cccc(Cl)c1.O=C(OO)c1cccc(Cl)c1. The van der Waals surface area contributed by atoms with E-state index in [9.17, 15) is 38.7 Å². The molecule has 26 heteroatoms. The van der Waals surface area contributed by atoms with E-state index in [2.05, 4.69) is 51.6 Å². The lowest BCUT2D eigenvalue weighted by atomic mass is 10.2. The van der Waals surface area contributed by atoms with Gasteiger partial charge in [-0.1, -0.05) is 48.5 Å². The molecule has 1 heterocycles. The molecule has 0 aromatic heterocycles. The molecule has 2 N–H and O–H groups in total. The summed E-state index contributed by atoms with van der Waals surface area (Å²) in [6.07, 6.45) is 0.927. The Morgan fingerprint density at radius 1 is 0.776 bits per heavy atom. The molecule has 320 valence electrons. The lowest BCUT2D eigenvalue weighted by Crippen LogP contribution is -2.24. The topological polar surface area (TPSA) is 244 Å². The quantitative estimate of drug-likeness (QED) is 0.0513. The Balaban J connectivity index is 0. The van der Waals surface area contributed by atoms with Crippen LogP contribution in [-0.2, 0) is 100 Å². The first-order valence-electron chi connectivity index (χ1n) is 15.5. The van der Waals surface area contributed by atoms with E-state index in [0.29, 0.717) is 46.3 Å². The lowest BCUT2D eigenvalue weighted by Gasteiger charge is -2.04. The highest BCUT2D eigenvalue weighted by Crippen LogP contribution is 2.27. The number of aromatic carboxylic acids is 1. The van der Waals surface area contributed by atoms with Crippen molar-refractivity contribution in [2.45, 2.75) is 26.4 Å². The van der Waals surface area contributed by atoms with Crippen molar-refractivity contribution in [1.29, 1.82) is 0 Å². The monoisotopic (exact) mass is 1020 g/mol. The highest BCUT2D eigenvalue weighted by atomic mass is 35.5. The summed E-state index contributed by atoms with van der Waals surface area (Å²) in [5, 5.41) is 17.3. The molecule has 0 radical (unpaired) electrons. The van der Waals surface area contributed by atoms with E-state index in [1.54, 1.807) is 45.0 Å². The molecule has 0 saturated carbocycles. The zero-order chi connectivity index (χ0) is 44.8. The number of esters is 3. The molecule has 1 saturated heterocycles. The summed E-state index contributed by atoms with van der Waals surface area (Å²) in [7, 11) is 2.60. The zero-order valence-electron chi connectivity index (χ0n) is 30.7. The molecule has 4 atom stereocenters. The summed E-state index contributed by atoms with van der Waals surface area (Å²) in [6.45, 7) is 8.06. The minimum Gasteiger partial charge on any atom is -0.620 e. The normalized spacial score (nSPS) is 13.6. The fourth-order valence-corrected chi connectivity index (χ4v) is 7.34. The molecule has 1 aliphatic heterocycles. The minimum absolute atomic E-state index is 0.143. The van der Waals surface area contributed by atoms with Crippen molar-refractivity contribution in [2.75, 3.05) is 44.9 Å². The second-order valence-electron chi connectivity index (χ2n) is 10.6. The fourth-order valence-electron chi connectivity index (χ4n) is 2.67. The van der Waals surface area contributed by atoms with Crippen LogP contribution in [0.25, 0.3) is 0 Å². The average molecular weight is 1020 g/mol. The maximum Gasteiger partial charge on any atom is 0.372 e. The van der Waals surface area contributed by atoms with Gasteiger partial charge in [0.2, 0.25) is 0 Å². The average Bonchev–Trinajstić information content (AvgIpc) is 3.96. The molecule has 0 aliphatic carbocycles. The van der Waals surface area contributed by atoms with Crippen molar-refractivity contribution in [2.24, 2.45) is 0 Å². The number of halogens is 2. The third-order valence-corrected chi connectivity index (χ3v) is 15.9. The Hall–Kier alpha value is -2.13. The van der Waals surface area contributed by atoms with Gasteiger partial charge in [-0.15, -0.1) is 0 Å². The minimum atomic E-state index is -1.46. The Morgan fingerprint density at radius 3 is 1.43 bits per heavy atom. The molecular formula is C32H37Cl2O15P3S6. The van der Waals surface area contributed by atoms with E-state index in [1.807, 2.05) is 0 Å². The predicted molar refractivity (Wildman–Crippen MR) is 234 cm³/mol. The molecule has 2 aromatic carbocycles. The lowest BCUT2D eigenvalue weighted by molar-refractivity contribution is -0.182. The van der Waals surface area contributed by atoms with Crippen LogP contribution in [0.5, 0.6) is 0 Å². The van der Waals surface area contributed by atoms with E-state index in [-0.39, 0.29) is 36.9 Å². The number of rotatable bonds is 14. The Morgan fingerprint density at radius 2 is 1.14 bits per heavy atom. The van der Waals surface area contributed by atoms with E-state index >= 15 is 0 Å². The van der Waals surface area contributed by atoms with Crippen LogP contribution in [0.1, 0.15) is 41.5 Å². The van der Waals surface area contributed by atoms with Crippen LogP contribution in [-0.4, -0.2) is 90.7 Å². The number of epoxide rings is 1. The van der Waals surface area contributed by atoms with Crippen molar-refractivity contribution >= 4 is 136 Å². The van der Waals surface area contributed by atoms with Gasteiger partial charge in [-0.05, 0) is 57.2 Å². The molecule has 1 aliphatic rings. The van der Waals surface area contributed by atoms with Gasteiger partial charge in [0, 0.05) is 54.8 Å². The van der Waals surface area contributed by atoms with Gasteiger partial charge < -0.3 is 38.7 Å². The third-order valence-electron chi connectivity index (χ3n) is 5.69. The molecule has 0 amide bonds. The largest absolute Gasteiger partial charge is 0.620 e. The molecule has 58 heavy (non-hydrogen) atoms. The van der Waals surface area contributed by atoms with Crippen LogP contribution in [0.15, 0.2) is 72.8 Å². The summed E-state index contributed by atoms with van der Waals surface area (Å²) in [6, 6.07) is 12.2. The van der Waals surface area contributed by atoms with Gasteiger partial charge in [-0.3, -0.25) is 4.89 Å². The number of carbonyl (C=O) groups excluding carboxylic acids is 4. The van der Waals surface area contributed by atoms with Crippen LogP contribution in [0.3, 0.4) is 0 Å². The van der Waals surface area contributed by atoms with Gasteiger partial charge in [-0.25, -0.2) is 24.0 Å². The van der Waals surface area contributed by atoms with E-state index in [0.717, 1.165) is 28.5 Å². The molecule has 3 rings (SSSR count). The molecular weight excluding hydrogens is 981 g/mol. The Bertz CT molecular complexity index is 1880. The van der Waals surface area contributed by atoms with Crippen LogP contribution in [0.4, 0.5) is 0 Å². The summed E-state index contributed by atoms with van der Waals surface area (Å²) in [5.74, 6) is -3.05. The number of hydrogen-bond acceptors (Lipinski definition) is 17. The molecule has 0 bridgehead atoms. The van der Waals surface area contributed by atoms with Crippen LogP contribution in [0.2, 0.25) is 10.0 Å². The van der Waals surface area contributed by atoms with Crippen LogP contribution in [0, 0.1) is 0 Å². The zero-order valence-corrected chi connectivity index (χ0v) is 39.8. The maximum absolute atomic E-state index is 11.1. The van der Waals surface area contributed by atoms with E-state index in [1.165, 1.54) is 24.3 Å². The molecule has 1 fully saturated rings. The van der Waals surface area contributed by atoms with E-state index in [4.69, 9.17) is 52.5 Å². The summed E-state index contributed by atoms with van der Waals surface area (Å²) in [5.41, 5.74) is 0.382. The van der Waals surface area contributed by atoms with Crippen molar-refractivity contribution in [3.05, 3.63) is 94.0 Å². The van der Waals surface area contributed by atoms with E-state index < -0.39 is 50.2 Å². The summed E-state index contributed by atoms with van der Waals surface area (Å²) < 4.78 is 19.1. The van der Waals surface area contributed by atoms with Gasteiger partial charge in [0.15, 0.2) is 5.60 Å². The number of carboxylic acid groups (broad SMARTS) is 1. The third kappa shape index (κ3) is 30.0.